The van der Waals surface area contributed by atoms with E-state index in [1.807, 2.05) is 25.1 Å². The van der Waals surface area contributed by atoms with Gasteiger partial charge in [0.2, 0.25) is 0 Å². The van der Waals surface area contributed by atoms with Crippen LogP contribution < -0.4 is 4.90 Å². The Morgan fingerprint density at radius 3 is 2.88 bits per heavy atom. The largest absolute Gasteiger partial charge is 0.481 e. The molecular weight excluding hydrogens is 308 g/mol. The molecule has 0 spiro atoms. The van der Waals surface area contributed by atoms with Crippen molar-refractivity contribution in [3.05, 3.63) is 46.3 Å². The van der Waals surface area contributed by atoms with E-state index >= 15 is 0 Å². The number of carboxylic acid groups (broad SMARTS) is 1. The second-order valence-corrected chi connectivity index (χ2v) is 6.01. The average molecular weight is 328 g/mol. The maximum Gasteiger partial charge on any atom is 0.307 e. The van der Waals surface area contributed by atoms with E-state index in [9.17, 15) is 9.59 Å². The van der Waals surface area contributed by atoms with Gasteiger partial charge in [0.25, 0.3) is 5.91 Å². The van der Waals surface area contributed by atoms with Gasteiger partial charge >= 0.3 is 5.97 Å². The Kier molecular flexibility index (Phi) is 4.38. The van der Waals surface area contributed by atoms with Gasteiger partial charge in [0.1, 0.15) is 11.3 Å². The zero-order chi connectivity index (χ0) is 17.3. The van der Waals surface area contributed by atoms with Crippen LogP contribution in [0.25, 0.3) is 0 Å². The van der Waals surface area contributed by atoms with Crippen molar-refractivity contribution in [2.45, 2.75) is 39.5 Å². The third-order valence-electron chi connectivity index (χ3n) is 4.35. The maximum absolute atomic E-state index is 13.1. The number of anilines is 1. The Balaban J connectivity index is 2.00. The molecular formula is C18H20N2O4. The van der Waals surface area contributed by atoms with E-state index in [-0.39, 0.29) is 12.3 Å². The van der Waals surface area contributed by atoms with E-state index in [0.717, 1.165) is 24.1 Å². The van der Waals surface area contributed by atoms with Crippen LogP contribution in [0.3, 0.4) is 0 Å². The van der Waals surface area contributed by atoms with Crippen LogP contribution in [0, 0.1) is 6.92 Å². The molecule has 6 nitrogen and oxygen atoms in total. The molecule has 0 bridgehead atoms. The minimum Gasteiger partial charge on any atom is -0.481 e. The van der Waals surface area contributed by atoms with Gasteiger partial charge in [-0.15, -0.1) is 0 Å². The van der Waals surface area contributed by atoms with Crippen molar-refractivity contribution >= 4 is 17.6 Å². The lowest BCUT2D eigenvalue weighted by Crippen LogP contribution is -2.36. The smallest absolute Gasteiger partial charge is 0.307 e. The molecule has 0 atom stereocenters. The van der Waals surface area contributed by atoms with Gasteiger partial charge in [-0.25, -0.2) is 0 Å². The molecule has 1 aromatic heterocycles. The van der Waals surface area contributed by atoms with E-state index < -0.39 is 5.97 Å². The van der Waals surface area contributed by atoms with Gasteiger partial charge in [-0.3, -0.25) is 9.59 Å². The molecule has 0 saturated heterocycles. The first kappa shape index (κ1) is 16.2. The van der Waals surface area contributed by atoms with Crippen LogP contribution >= 0.6 is 0 Å². The summed E-state index contributed by atoms with van der Waals surface area (Å²) in [6.07, 6.45) is 2.33. The summed E-state index contributed by atoms with van der Waals surface area (Å²) in [6, 6.07) is 5.56. The highest BCUT2D eigenvalue weighted by molar-refractivity contribution is 6.08. The molecule has 0 unspecified atom stereocenters. The third-order valence-corrected chi connectivity index (χ3v) is 4.35. The summed E-state index contributed by atoms with van der Waals surface area (Å²) < 4.78 is 5.19. The molecule has 1 aromatic carbocycles. The molecule has 1 aliphatic heterocycles. The molecule has 0 saturated carbocycles. The van der Waals surface area contributed by atoms with Crippen molar-refractivity contribution in [1.82, 2.24) is 5.16 Å². The monoisotopic (exact) mass is 328 g/mol. The number of aliphatic carboxylic acids is 1. The number of benzene rings is 1. The Morgan fingerprint density at radius 1 is 1.38 bits per heavy atom. The number of carboxylic acids is 1. The SMILES string of the molecule is CCc1noc(C)c1C(=O)N1CCCc2ccc(CC(=O)O)cc21. The molecule has 0 aliphatic carbocycles. The van der Waals surface area contributed by atoms with Crippen LogP contribution in [0.5, 0.6) is 0 Å². The first-order valence-electron chi connectivity index (χ1n) is 8.11. The highest BCUT2D eigenvalue weighted by atomic mass is 16.5. The van der Waals surface area contributed by atoms with Crippen molar-refractivity contribution < 1.29 is 19.2 Å². The van der Waals surface area contributed by atoms with E-state index in [2.05, 4.69) is 5.16 Å². The lowest BCUT2D eigenvalue weighted by atomic mass is 9.97. The van der Waals surface area contributed by atoms with E-state index in [4.69, 9.17) is 9.63 Å². The number of fused-ring (bicyclic) bond motifs is 1. The molecule has 2 heterocycles. The molecule has 1 N–H and O–H groups in total. The number of hydrogen-bond donors (Lipinski definition) is 1. The molecule has 0 fully saturated rings. The van der Waals surface area contributed by atoms with Gasteiger partial charge < -0.3 is 14.5 Å². The topological polar surface area (TPSA) is 83.6 Å². The predicted molar refractivity (Wildman–Crippen MR) is 88.4 cm³/mol. The molecule has 1 aliphatic rings. The summed E-state index contributed by atoms with van der Waals surface area (Å²) in [5.41, 5.74) is 3.74. The van der Waals surface area contributed by atoms with Gasteiger partial charge in [0.05, 0.1) is 12.1 Å². The number of amides is 1. The summed E-state index contributed by atoms with van der Waals surface area (Å²) in [6.45, 7) is 4.28. The molecule has 1 amide bonds. The normalized spacial score (nSPS) is 13.7. The second-order valence-electron chi connectivity index (χ2n) is 6.01. The minimum absolute atomic E-state index is 0.0538. The quantitative estimate of drug-likeness (QED) is 0.933. The fourth-order valence-corrected chi connectivity index (χ4v) is 3.18. The lowest BCUT2D eigenvalue weighted by molar-refractivity contribution is -0.136. The van der Waals surface area contributed by atoms with Crippen LogP contribution in [0.2, 0.25) is 0 Å². The highest BCUT2D eigenvalue weighted by Gasteiger charge is 2.29. The zero-order valence-corrected chi connectivity index (χ0v) is 13.8. The molecule has 3 rings (SSSR count). The second kappa shape index (κ2) is 6.47. The van der Waals surface area contributed by atoms with Gasteiger partial charge in [-0.1, -0.05) is 24.2 Å². The zero-order valence-electron chi connectivity index (χ0n) is 13.8. The first-order valence-corrected chi connectivity index (χ1v) is 8.11. The number of hydrogen-bond acceptors (Lipinski definition) is 4. The molecule has 0 radical (unpaired) electrons. The summed E-state index contributed by atoms with van der Waals surface area (Å²) in [5.74, 6) is -0.489. The first-order chi connectivity index (χ1) is 11.5. The van der Waals surface area contributed by atoms with Gasteiger partial charge in [-0.05, 0) is 43.4 Å². The van der Waals surface area contributed by atoms with E-state index in [1.54, 1.807) is 11.8 Å². The van der Waals surface area contributed by atoms with Crippen LogP contribution in [0.1, 0.15) is 46.3 Å². The van der Waals surface area contributed by atoms with Crippen molar-refractivity contribution in [3.63, 3.8) is 0 Å². The fourth-order valence-electron chi connectivity index (χ4n) is 3.18. The number of aromatic nitrogens is 1. The molecule has 24 heavy (non-hydrogen) atoms. The summed E-state index contributed by atoms with van der Waals surface area (Å²) >= 11 is 0. The molecule has 6 heteroatoms. The third kappa shape index (κ3) is 2.91. The Labute approximate surface area is 140 Å². The predicted octanol–water partition coefficient (Wildman–Crippen LogP) is 2.77. The summed E-state index contributed by atoms with van der Waals surface area (Å²) in [5, 5.41) is 13.0. The van der Waals surface area contributed by atoms with Crippen LogP contribution in [-0.4, -0.2) is 28.7 Å². The average Bonchev–Trinajstić information content (AvgIpc) is 2.93. The van der Waals surface area contributed by atoms with Gasteiger partial charge in [-0.2, -0.15) is 0 Å². The molecule has 126 valence electrons. The summed E-state index contributed by atoms with van der Waals surface area (Å²) in [7, 11) is 0. The number of rotatable bonds is 4. The highest BCUT2D eigenvalue weighted by Crippen LogP contribution is 2.31. The number of carbonyl (C=O) groups excluding carboxylic acids is 1. The Hall–Kier alpha value is -2.63. The number of aryl methyl sites for hydroxylation is 3. The van der Waals surface area contributed by atoms with E-state index in [1.165, 1.54) is 0 Å². The number of carbonyl (C=O) groups is 2. The lowest BCUT2D eigenvalue weighted by Gasteiger charge is -2.30. The standard InChI is InChI=1S/C18H20N2O4/c1-3-14-17(11(2)24-19-14)18(23)20-8-4-5-13-7-6-12(9-15(13)20)10-16(21)22/h6-7,9H,3-5,8,10H2,1-2H3,(H,21,22). The van der Waals surface area contributed by atoms with E-state index in [0.29, 0.717) is 35.5 Å². The fraction of sp³-hybridized carbons (Fsp3) is 0.389. The number of nitrogens with zero attached hydrogens (tertiary/aromatic N) is 2. The van der Waals surface area contributed by atoms with Crippen LogP contribution in [0.15, 0.2) is 22.7 Å². The molecule has 2 aromatic rings. The Morgan fingerprint density at radius 2 is 2.17 bits per heavy atom. The minimum atomic E-state index is -0.883. The van der Waals surface area contributed by atoms with Crippen molar-refractivity contribution in [2.75, 3.05) is 11.4 Å². The van der Waals surface area contributed by atoms with Crippen molar-refractivity contribution in [3.8, 4) is 0 Å². The van der Waals surface area contributed by atoms with Crippen molar-refractivity contribution in [1.29, 1.82) is 0 Å². The van der Waals surface area contributed by atoms with Crippen LogP contribution in [-0.2, 0) is 24.1 Å². The maximum atomic E-state index is 13.1. The summed E-state index contributed by atoms with van der Waals surface area (Å²) in [4.78, 5) is 25.8. The van der Waals surface area contributed by atoms with Crippen molar-refractivity contribution in [2.24, 2.45) is 0 Å². The Bertz CT molecular complexity index is 794. The van der Waals surface area contributed by atoms with Gasteiger partial charge in [0.15, 0.2) is 0 Å². The van der Waals surface area contributed by atoms with Crippen LogP contribution in [0.4, 0.5) is 5.69 Å². The van der Waals surface area contributed by atoms with Gasteiger partial charge in [0, 0.05) is 12.2 Å².